The summed E-state index contributed by atoms with van der Waals surface area (Å²) in [5.41, 5.74) is 0.760. The summed E-state index contributed by atoms with van der Waals surface area (Å²) in [6.07, 6.45) is 3.14. The molecular weight excluding hydrogens is 280 g/mol. The highest BCUT2D eigenvalue weighted by molar-refractivity contribution is 7.16. The zero-order valence-corrected chi connectivity index (χ0v) is 12.8. The minimum absolute atomic E-state index is 0.152. The fourth-order valence-electron chi connectivity index (χ4n) is 1.63. The molecule has 0 fully saturated rings. The maximum absolute atomic E-state index is 12.1. The van der Waals surface area contributed by atoms with Gasteiger partial charge >= 0.3 is 0 Å². The summed E-state index contributed by atoms with van der Waals surface area (Å²) in [6, 6.07) is 0. The molecule has 0 spiro atoms. The summed E-state index contributed by atoms with van der Waals surface area (Å²) in [7, 11) is 0. The number of carbonyl (C=O) groups excluding carboxylic acids is 1. The van der Waals surface area contributed by atoms with E-state index in [4.69, 9.17) is 0 Å². The Labute approximate surface area is 120 Å². The first-order valence-electron chi connectivity index (χ1n) is 6.18. The van der Waals surface area contributed by atoms with Crippen molar-refractivity contribution in [2.45, 2.75) is 40.0 Å². The van der Waals surface area contributed by atoms with Gasteiger partial charge in [-0.2, -0.15) is 0 Å². The summed E-state index contributed by atoms with van der Waals surface area (Å²) in [5.74, 6) is -0.152. The highest BCUT2D eigenvalue weighted by Crippen LogP contribution is 2.21. The molecule has 1 N–H and O–H groups in total. The molecule has 19 heavy (non-hydrogen) atoms. The van der Waals surface area contributed by atoms with Crippen LogP contribution in [0.1, 0.15) is 45.1 Å². The van der Waals surface area contributed by atoms with Gasteiger partial charge in [-0.05, 0) is 20.3 Å². The number of nitrogens with one attached hydrogen (secondary N) is 1. The first-order valence-corrected chi connectivity index (χ1v) is 7.81. The molecule has 0 radical (unpaired) electrons. The Morgan fingerprint density at radius 2 is 2.05 bits per heavy atom. The third kappa shape index (κ3) is 3.57. The van der Waals surface area contributed by atoms with Crippen molar-refractivity contribution in [3.05, 3.63) is 20.6 Å². The fourth-order valence-corrected chi connectivity index (χ4v) is 3.22. The lowest BCUT2D eigenvalue weighted by Crippen LogP contribution is -2.11. The van der Waals surface area contributed by atoms with E-state index in [0.29, 0.717) is 10.0 Å². The fraction of sp³-hybridized carbons (Fsp3) is 0.500. The van der Waals surface area contributed by atoms with Crippen LogP contribution in [0.2, 0.25) is 0 Å². The molecule has 0 saturated heterocycles. The Morgan fingerprint density at radius 3 is 2.68 bits per heavy atom. The first kappa shape index (κ1) is 14.1. The smallest absolute Gasteiger partial charge is 0.269 e. The Bertz CT molecular complexity index is 576. The summed E-state index contributed by atoms with van der Waals surface area (Å²) < 4.78 is 0. The predicted molar refractivity (Wildman–Crippen MR) is 78.1 cm³/mol. The molecule has 0 unspecified atom stereocenters. The molecule has 0 aromatic carbocycles. The van der Waals surface area contributed by atoms with Crippen LogP contribution in [0.25, 0.3) is 0 Å². The molecule has 2 rings (SSSR count). The van der Waals surface area contributed by atoms with E-state index < -0.39 is 0 Å². The van der Waals surface area contributed by atoms with Crippen LogP contribution in [-0.4, -0.2) is 21.1 Å². The largest absolute Gasteiger partial charge is 0.296 e. The van der Waals surface area contributed by atoms with Crippen molar-refractivity contribution in [2.24, 2.45) is 0 Å². The highest BCUT2D eigenvalue weighted by Gasteiger charge is 2.15. The van der Waals surface area contributed by atoms with E-state index in [1.807, 2.05) is 13.8 Å². The zero-order chi connectivity index (χ0) is 13.8. The predicted octanol–water partition coefficient (Wildman–Crippen LogP) is 3.21. The molecule has 0 aliphatic rings. The number of carbonyl (C=O) groups is 1. The van der Waals surface area contributed by atoms with E-state index >= 15 is 0 Å². The number of hydrogen-bond acceptors (Lipinski definition) is 6. The zero-order valence-electron chi connectivity index (χ0n) is 11.2. The van der Waals surface area contributed by atoms with Crippen molar-refractivity contribution in [3.8, 4) is 0 Å². The molecule has 102 valence electrons. The topological polar surface area (TPSA) is 67.8 Å². The molecule has 2 heterocycles. The second-order valence-corrected chi connectivity index (χ2v) is 6.47. The van der Waals surface area contributed by atoms with Crippen LogP contribution in [0.15, 0.2) is 0 Å². The maximum atomic E-state index is 12.1. The standard InChI is InChI=1S/C12H16N4OS2/c1-4-5-6-9-15-16-12(19-9)14-11(17)10-7(2)13-8(3)18-10/h4-6H2,1-3H3,(H,14,16,17). The number of aromatic nitrogens is 3. The van der Waals surface area contributed by atoms with E-state index in [1.165, 1.54) is 22.7 Å². The van der Waals surface area contributed by atoms with E-state index in [2.05, 4.69) is 27.4 Å². The Kier molecular flexibility index (Phi) is 4.60. The van der Waals surface area contributed by atoms with E-state index in [1.54, 1.807) is 0 Å². The summed E-state index contributed by atoms with van der Waals surface area (Å²) >= 11 is 2.83. The van der Waals surface area contributed by atoms with Gasteiger partial charge in [0.25, 0.3) is 5.91 Å². The number of rotatable bonds is 5. The molecule has 0 bridgehead atoms. The Balaban J connectivity index is 2.02. The van der Waals surface area contributed by atoms with Gasteiger partial charge in [0.05, 0.1) is 10.7 Å². The third-order valence-electron chi connectivity index (χ3n) is 2.54. The molecule has 0 atom stereocenters. The Morgan fingerprint density at radius 1 is 1.26 bits per heavy atom. The highest BCUT2D eigenvalue weighted by atomic mass is 32.1. The first-order chi connectivity index (χ1) is 9.10. The van der Waals surface area contributed by atoms with Crippen molar-refractivity contribution >= 4 is 33.7 Å². The van der Waals surface area contributed by atoms with Gasteiger partial charge < -0.3 is 0 Å². The van der Waals surface area contributed by atoms with Gasteiger partial charge in [-0.3, -0.25) is 10.1 Å². The van der Waals surface area contributed by atoms with Gasteiger partial charge in [0.1, 0.15) is 9.88 Å². The minimum Gasteiger partial charge on any atom is -0.296 e. The molecule has 0 saturated carbocycles. The van der Waals surface area contributed by atoms with Crippen LogP contribution in [0.3, 0.4) is 0 Å². The normalized spacial score (nSPS) is 10.7. The lowest BCUT2D eigenvalue weighted by molar-refractivity contribution is 0.102. The van der Waals surface area contributed by atoms with Gasteiger partial charge in [-0.15, -0.1) is 21.5 Å². The van der Waals surface area contributed by atoms with E-state index in [-0.39, 0.29) is 5.91 Å². The summed E-state index contributed by atoms with van der Waals surface area (Å²) in [6.45, 7) is 5.87. The van der Waals surface area contributed by atoms with Crippen molar-refractivity contribution in [2.75, 3.05) is 5.32 Å². The monoisotopic (exact) mass is 296 g/mol. The van der Waals surface area contributed by atoms with Crippen LogP contribution in [-0.2, 0) is 6.42 Å². The number of amides is 1. The number of unbranched alkanes of at least 4 members (excludes halogenated alkanes) is 1. The van der Waals surface area contributed by atoms with Crippen molar-refractivity contribution in [1.82, 2.24) is 15.2 Å². The van der Waals surface area contributed by atoms with Crippen LogP contribution >= 0.6 is 22.7 Å². The number of hydrogen-bond donors (Lipinski definition) is 1. The van der Waals surface area contributed by atoms with E-state index in [9.17, 15) is 4.79 Å². The summed E-state index contributed by atoms with van der Waals surface area (Å²) in [5, 5.41) is 13.3. The molecule has 7 heteroatoms. The van der Waals surface area contributed by atoms with Crippen LogP contribution in [0.4, 0.5) is 5.13 Å². The molecular formula is C12H16N4OS2. The second-order valence-electron chi connectivity index (χ2n) is 4.21. The number of thiazole rings is 1. The average Bonchev–Trinajstić information content (AvgIpc) is 2.93. The summed E-state index contributed by atoms with van der Waals surface area (Å²) in [4.78, 5) is 17.0. The second kappa shape index (κ2) is 6.21. The average molecular weight is 296 g/mol. The van der Waals surface area contributed by atoms with Crippen molar-refractivity contribution < 1.29 is 4.79 Å². The van der Waals surface area contributed by atoms with Crippen molar-refractivity contribution in [3.63, 3.8) is 0 Å². The molecule has 2 aromatic heterocycles. The minimum atomic E-state index is -0.152. The van der Waals surface area contributed by atoms with E-state index in [0.717, 1.165) is 35.0 Å². The van der Waals surface area contributed by atoms with Crippen LogP contribution < -0.4 is 5.32 Å². The van der Waals surface area contributed by atoms with Crippen LogP contribution in [0, 0.1) is 13.8 Å². The molecule has 0 aliphatic carbocycles. The van der Waals surface area contributed by atoms with Gasteiger partial charge in [-0.25, -0.2) is 4.98 Å². The van der Waals surface area contributed by atoms with Gasteiger partial charge in [0, 0.05) is 6.42 Å². The van der Waals surface area contributed by atoms with Gasteiger partial charge in [0.15, 0.2) is 0 Å². The number of anilines is 1. The van der Waals surface area contributed by atoms with Crippen molar-refractivity contribution in [1.29, 1.82) is 0 Å². The maximum Gasteiger partial charge on any atom is 0.269 e. The number of aryl methyl sites for hydroxylation is 3. The quantitative estimate of drug-likeness (QED) is 0.920. The molecule has 2 aromatic rings. The lowest BCUT2D eigenvalue weighted by atomic mass is 10.3. The van der Waals surface area contributed by atoms with Gasteiger partial charge in [0.2, 0.25) is 5.13 Å². The molecule has 0 aliphatic heterocycles. The number of nitrogens with zero attached hydrogens (tertiary/aromatic N) is 3. The lowest BCUT2D eigenvalue weighted by Gasteiger charge is -1.97. The van der Waals surface area contributed by atoms with Gasteiger partial charge in [-0.1, -0.05) is 24.7 Å². The third-order valence-corrected chi connectivity index (χ3v) is 4.51. The Hall–Kier alpha value is -1.34. The van der Waals surface area contributed by atoms with Crippen LogP contribution in [0.5, 0.6) is 0 Å². The molecule has 5 nitrogen and oxygen atoms in total. The molecule has 1 amide bonds. The SMILES string of the molecule is CCCCc1nnc(NC(=O)c2sc(C)nc2C)s1.